The van der Waals surface area contributed by atoms with Gasteiger partial charge in [-0.25, -0.2) is 4.79 Å². The smallest absolute Gasteiger partial charge is 0.320 e. The summed E-state index contributed by atoms with van der Waals surface area (Å²) in [5, 5.41) is 0. The number of carbonyl (C=O) groups excluding carboxylic acids is 1. The molecule has 2 aliphatic rings. The van der Waals surface area contributed by atoms with Crippen LogP contribution in [0.2, 0.25) is 0 Å². The van der Waals surface area contributed by atoms with Crippen LogP contribution in [0.5, 0.6) is 0 Å². The minimum absolute atomic E-state index is 0.183. The molecule has 2 amide bonds. The average molecular weight is 226 g/mol. The number of likely N-dealkylation sites (tertiary alicyclic amines) is 1. The molecule has 2 saturated heterocycles. The maximum absolute atomic E-state index is 12.2. The van der Waals surface area contributed by atoms with E-state index in [2.05, 4.69) is 6.92 Å². The summed E-state index contributed by atoms with van der Waals surface area (Å²) in [4.78, 5) is 16.0. The molecule has 0 aliphatic carbocycles. The van der Waals surface area contributed by atoms with Crippen molar-refractivity contribution in [3.8, 4) is 0 Å². The Hall–Kier alpha value is -0.770. The quantitative estimate of drug-likeness (QED) is 0.679. The lowest BCUT2D eigenvalue weighted by atomic mass is 9.99. The summed E-state index contributed by atoms with van der Waals surface area (Å²) in [6, 6.07) is 0.467. The molecule has 0 aromatic rings. The zero-order valence-corrected chi connectivity index (χ0v) is 10.3. The molecule has 0 N–H and O–H groups in total. The fourth-order valence-corrected chi connectivity index (χ4v) is 2.41. The lowest BCUT2D eigenvalue weighted by Crippen LogP contribution is -2.48. The average Bonchev–Trinajstić information content (AvgIpc) is 2.81. The van der Waals surface area contributed by atoms with Crippen molar-refractivity contribution < 1.29 is 9.53 Å². The number of hydrogen-bond donors (Lipinski definition) is 0. The maximum Gasteiger partial charge on any atom is 0.320 e. The van der Waals surface area contributed by atoms with Gasteiger partial charge in [0.25, 0.3) is 0 Å². The molecule has 2 fully saturated rings. The lowest BCUT2D eigenvalue weighted by molar-refractivity contribution is 0.120. The first-order valence-corrected chi connectivity index (χ1v) is 6.28. The summed E-state index contributed by atoms with van der Waals surface area (Å²) in [6.45, 7) is 5.58. The molecule has 4 nitrogen and oxygen atoms in total. The normalized spacial score (nSPS) is 27.1. The van der Waals surface area contributed by atoms with Crippen molar-refractivity contribution in [3.05, 3.63) is 0 Å². The van der Waals surface area contributed by atoms with Crippen molar-refractivity contribution in [3.63, 3.8) is 0 Å². The van der Waals surface area contributed by atoms with Crippen LogP contribution in [0.1, 0.15) is 26.2 Å². The van der Waals surface area contributed by atoms with E-state index in [4.69, 9.17) is 4.74 Å². The molecule has 4 heteroatoms. The van der Waals surface area contributed by atoms with Gasteiger partial charge in [-0.15, -0.1) is 0 Å². The molecule has 92 valence electrons. The molecule has 2 heterocycles. The second-order valence-corrected chi connectivity index (χ2v) is 5.08. The predicted octanol–water partition coefficient (Wildman–Crippen LogP) is 1.56. The summed E-state index contributed by atoms with van der Waals surface area (Å²) in [7, 11) is 1.90. The molecule has 1 atom stereocenters. The number of carbonyl (C=O) groups is 1. The van der Waals surface area contributed by atoms with Crippen LogP contribution < -0.4 is 0 Å². The molecule has 0 bridgehead atoms. The van der Waals surface area contributed by atoms with Crippen LogP contribution in [0, 0.1) is 5.92 Å². The second-order valence-electron chi connectivity index (χ2n) is 5.08. The van der Waals surface area contributed by atoms with Gasteiger partial charge in [-0.1, -0.05) is 6.92 Å². The topological polar surface area (TPSA) is 32.8 Å². The van der Waals surface area contributed by atoms with E-state index in [1.807, 2.05) is 16.8 Å². The van der Waals surface area contributed by atoms with Gasteiger partial charge >= 0.3 is 6.03 Å². The third-order valence-electron chi connectivity index (χ3n) is 3.81. The number of amides is 2. The maximum atomic E-state index is 12.2. The summed E-state index contributed by atoms with van der Waals surface area (Å²) in [6.07, 6.45) is 3.26. The summed E-state index contributed by atoms with van der Waals surface area (Å²) in [5.74, 6) is 0.768. The zero-order valence-electron chi connectivity index (χ0n) is 10.3. The minimum atomic E-state index is 0.183. The van der Waals surface area contributed by atoms with Gasteiger partial charge in [-0.3, -0.25) is 0 Å². The van der Waals surface area contributed by atoms with E-state index in [1.54, 1.807) is 0 Å². The number of piperidine rings is 1. The molecule has 0 aromatic carbocycles. The van der Waals surface area contributed by atoms with Crippen LogP contribution in [0.25, 0.3) is 0 Å². The van der Waals surface area contributed by atoms with Gasteiger partial charge in [0.2, 0.25) is 0 Å². The SMILES string of the molecule is CC1CCN(C(=O)N(C)C2CCOC2)CC1. The first-order chi connectivity index (χ1) is 7.68. The standard InChI is InChI=1S/C12H22N2O2/c1-10-3-6-14(7-4-10)12(15)13(2)11-5-8-16-9-11/h10-11H,3-9H2,1-2H3. The summed E-state index contributed by atoms with van der Waals surface area (Å²) >= 11 is 0. The highest BCUT2D eigenvalue weighted by Crippen LogP contribution is 2.19. The van der Waals surface area contributed by atoms with Crippen molar-refractivity contribution in [2.75, 3.05) is 33.4 Å². The van der Waals surface area contributed by atoms with Gasteiger partial charge in [0.15, 0.2) is 0 Å². The fraction of sp³-hybridized carbons (Fsp3) is 0.917. The number of hydrogen-bond acceptors (Lipinski definition) is 2. The van der Waals surface area contributed by atoms with Crippen LogP contribution in [0.15, 0.2) is 0 Å². The molecular formula is C12H22N2O2. The molecule has 2 rings (SSSR count). The minimum Gasteiger partial charge on any atom is -0.379 e. The first-order valence-electron chi connectivity index (χ1n) is 6.28. The summed E-state index contributed by atoms with van der Waals surface area (Å²) < 4.78 is 5.32. The zero-order chi connectivity index (χ0) is 11.5. The fourth-order valence-electron chi connectivity index (χ4n) is 2.41. The Balaban J connectivity index is 1.86. The van der Waals surface area contributed by atoms with Gasteiger partial charge in [0.1, 0.15) is 0 Å². The van der Waals surface area contributed by atoms with Crippen LogP contribution in [-0.4, -0.2) is 55.2 Å². The van der Waals surface area contributed by atoms with E-state index in [-0.39, 0.29) is 12.1 Å². The van der Waals surface area contributed by atoms with E-state index >= 15 is 0 Å². The van der Waals surface area contributed by atoms with E-state index in [1.165, 1.54) is 0 Å². The Morgan fingerprint density at radius 1 is 1.31 bits per heavy atom. The Kier molecular flexibility index (Phi) is 3.69. The van der Waals surface area contributed by atoms with E-state index in [9.17, 15) is 4.79 Å². The van der Waals surface area contributed by atoms with Crippen LogP contribution in [-0.2, 0) is 4.74 Å². The largest absolute Gasteiger partial charge is 0.379 e. The van der Waals surface area contributed by atoms with E-state index < -0.39 is 0 Å². The Morgan fingerprint density at radius 3 is 2.56 bits per heavy atom. The van der Waals surface area contributed by atoms with Crippen LogP contribution in [0.3, 0.4) is 0 Å². The Bertz CT molecular complexity index is 243. The lowest BCUT2D eigenvalue weighted by Gasteiger charge is -2.35. The van der Waals surface area contributed by atoms with Crippen molar-refractivity contribution in [2.24, 2.45) is 5.92 Å². The number of rotatable bonds is 1. The molecular weight excluding hydrogens is 204 g/mol. The van der Waals surface area contributed by atoms with Gasteiger partial charge < -0.3 is 14.5 Å². The third kappa shape index (κ3) is 2.48. The van der Waals surface area contributed by atoms with Gasteiger partial charge in [0, 0.05) is 26.7 Å². The predicted molar refractivity (Wildman–Crippen MR) is 62.4 cm³/mol. The first kappa shape index (κ1) is 11.7. The molecule has 0 radical (unpaired) electrons. The molecule has 0 saturated carbocycles. The van der Waals surface area contributed by atoms with E-state index in [0.29, 0.717) is 6.61 Å². The van der Waals surface area contributed by atoms with Crippen LogP contribution in [0.4, 0.5) is 4.79 Å². The molecule has 1 unspecified atom stereocenters. The number of likely N-dealkylation sites (N-methyl/N-ethyl adjacent to an activating group) is 1. The molecule has 16 heavy (non-hydrogen) atoms. The molecule has 2 aliphatic heterocycles. The van der Waals surface area contributed by atoms with Crippen molar-refractivity contribution in [2.45, 2.75) is 32.2 Å². The van der Waals surface area contributed by atoms with E-state index in [0.717, 1.165) is 44.9 Å². The second kappa shape index (κ2) is 5.04. The highest BCUT2D eigenvalue weighted by molar-refractivity contribution is 5.74. The van der Waals surface area contributed by atoms with Gasteiger partial charge in [-0.2, -0.15) is 0 Å². The highest BCUT2D eigenvalue weighted by Gasteiger charge is 2.28. The van der Waals surface area contributed by atoms with Crippen molar-refractivity contribution >= 4 is 6.03 Å². The van der Waals surface area contributed by atoms with Crippen LogP contribution >= 0.6 is 0 Å². The Labute approximate surface area is 97.5 Å². The monoisotopic (exact) mass is 226 g/mol. The van der Waals surface area contributed by atoms with Crippen molar-refractivity contribution in [1.29, 1.82) is 0 Å². The molecule has 0 aromatic heterocycles. The highest BCUT2D eigenvalue weighted by atomic mass is 16.5. The summed E-state index contributed by atoms with van der Waals surface area (Å²) in [5.41, 5.74) is 0. The van der Waals surface area contributed by atoms with Gasteiger partial charge in [0.05, 0.1) is 12.6 Å². The number of ether oxygens (including phenoxy) is 1. The molecule has 0 spiro atoms. The van der Waals surface area contributed by atoms with Crippen molar-refractivity contribution in [1.82, 2.24) is 9.80 Å². The Morgan fingerprint density at radius 2 is 2.00 bits per heavy atom. The van der Waals surface area contributed by atoms with Gasteiger partial charge in [-0.05, 0) is 25.2 Å². The number of urea groups is 1. The number of nitrogens with zero attached hydrogens (tertiary/aromatic N) is 2. The third-order valence-corrected chi connectivity index (χ3v) is 3.81.